The largest absolute Gasteiger partial charge is 0.493 e. The van der Waals surface area contributed by atoms with Crippen molar-refractivity contribution < 1.29 is 44.3 Å². The number of ether oxygens (including phenoxy) is 2. The summed E-state index contributed by atoms with van der Waals surface area (Å²) in [4.78, 5) is 36.8. The fraction of sp³-hybridized carbons (Fsp3) is 0.237. The molecule has 13 heteroatoms. The summed E-state index contributed by atoms with van der Waals surface area (Å²) in [6.07, 6.45) is 0.667. The average Bonchev–Trinajstić information content (AvgIpc) is 3.47. The number of nitrogens with zero attached hydrogens (tertiary/aromatic N) is 1. The minimum absolute atomic E-state index is 0.0482. The summed E-state index contributed by atoms with van der Waals surface area (Å²) >= 11 is 1.63. The molecule has 1 aliphatic heterocycles. The van der Waals surface area contributed by atoms with Crippen molar-refractivity contribution in [3.8, 4) is 23.3 Å². The number of benzene rings is 4. The van der Waals surface area contributed by atoms with Crippen molar-refractivity contribution in [2.24, 2.45) is 5.73 Å². The Labute approximate surface area is 299 Å². The topological polar surface area (TPSA) is 192 Å². The van der Waals surface area contributed by atoms with Crippen LogP contribution in [0.4, 0.5) is 5.69 Å². The number of nitrogens with two attached hydrogens (primary N) is 1. The van der Waals surface area contributed by atoms with Crippen LogP contribution >= 0.6 is 11.8 Å². The van der Waals surface area contributed by atoms with E-state index in [9.17, 15) is 34.8 Å². The van der Waals surface area contributed by atoms with Crippen LogP contribution in [0.25, 0.3) is 0 Å². The predicted octanol–water partition coefficient (Wildman–Crippen LogP) is 3.36. The van der Waals surface area contributed by atoms with E-state index in [0.29, 0.717) is 23.6 Å². The lowest BCUT2D eigenvalue weighted by Crippen LogP contribution is -2.61. The van der Waals surface area contributed by atoms with Crippen LogP contribution in [0.3, 0.4) is 0 Å². The van der Waals surface area contributed by atoms with Crippen molar-refractivity contribution >= 4 is 35.7 Å². The molecule has 3 amide bonds. The summed E-state index contributed by atoms with van der Waals surface area (Å²) in [5.74, 6) is -0.0230. The zero-order valence-corrected chi connectivity index (χ0v) is 29.0. The Bertz CT molecular complexity index is 1890. The molecule has 1 saturated heterocycles. The van der Waals surface area contributed by atoms with E-state index in [-0.39, 0.29) is 34.3 Å². The van der Waals surface area contributed by atoms with Gasteiger partial charge in [0, 0.05) is 27.9 Å². The third kappa shape index (κ3) is 9.06. The number of aliphatic hydroxyl groups is 4. The highest BCUT2D eigenvalue weighted by molar-refractivity contribution is 8.01. The Morgan fingerprint density at radius 1 is 0.922 bits per heavy atom. The Kier molecular flexibility index (Phi) is 12.8. The van der Waals surface area contributed by atoms with Gasteiger partial charge in [0.1, 0.15) is 5.37 Å². The first-order chi connectivity index (χ1) is 24.4. The molecular weight excluding hydrogens is 674 g/mol. The number of rotatable bonds is 11. The SMILES string of the molecule is CCC1SC(c2ccc(C#Cc3ccccc3)cc2)N(c2cccc(C(N)=O)c2)C1=O.CCOc1cc(C(O)(O)C(O)(O)NC=O)ccc1OC. The lowest BCUT2D eigenvalue weighted by molar-refractivity contribution is -0.374. The molecule has 0 spiro atoms. The van der Waals surface area contributed by atoms with Gasteiger partial charge in [-0.3, -0.25) is 19.3 Å². The summed E-state index contributed by atoms with van der Waals surface area (Å²) in [6, 6.07) is 28.5. The number of carbonyl (C=O) groups excluding carboxylic acids is 3. The molecule has 1 fully saturated rings. The predicted molar refractivity (Wildman–Crippen MR) is 192 cm³/mol. The summed E-state index contributed by atoms with van der Waals surface area (Å²) in [7, 11) is 1.40. The van der Waals surface area contributed by atoms with Gasteiger partial charge < -0.3 is 41.0 Å². The van der Waals surface area contributed by atoms with Crippen LogP contribution in [0.5, 0.6) is 11.5 Å². The Balaban J connectivity index is 0.000000253. The molecule has 4 aromatic rings. The monoisotopic (exact) mass is 713 g/mol. The van der Waals surface area contributed by atoms with E-state index in [1.807, 2.05) is 67.6 Å². The maximum atomic E-state index is 13.1. The lowest BCUT2D eigenvalue weighted by Gasteiger charge is -2.34. The van der Waals surface area contributed by atoms with Gasteiger partial charge in [-0.25, -0.2) is 0 Å². The normalized spacial score (nSPS) is 15.5. The van der Waals surface area contributed by atoms with E-state index >= 15 is 0 Å². The highest BCUT2D eigenvalue weighted by Crippen LogP contribution is 2.46. The van der Waals surface area contributed by atoms with Gasteiger partial charge in [-0.15, -0.1) is 11.8 Å². The van der Waals surface area contributed by atoms with Gasteiger partial charge in [0.15, 0.2) is 11.5 Å². The van der Waals surface area contributed by atoms with Crippen LogP contribution in [0.1, 0.15) is 58.3 Å². The molecule has 0 radical (unpaired) electrons. The minimum atomic E-state index is -3.27. The third-order valence-electron chi connectivity index (χ3n) is 7.75. The van der Waals surface area contributed by atoms with E-state index in [1.54, 1.807) is 41.8 Å². The minimum Gasteiger partial charge on any atom is -0.493 e. The molecule has 1 aliphatic rings. The zero-order valence-electron chi connectivity index (χ0n) is 28.1. The second kappa shape index (κ2) is 17.0. The van der Waals surface area contributed by atoms with E-state index in [0.717, 1.165) is 29.2 Å². The molecule has 4 aromatic carbocycles. The van der Waals surface area contributed by atoms with Gasteiger partial charge in [-0.1, -0.05) is 55.2 Å². The first-order valence-corrected chi connectivity index (χ1v) is 16.8. The van der Waals surface area contributed by atoms with Gasteiger partial charge >= 0.3 is 5.91 Å². The summed E-state index contributed by atoms with van der Waals surface area (Å²) in [5.41, 5.74) is 9.11. The molecule has 1 heterocycles. The molecule has 51 heavy (non-hydrogen) atoms. The van der Waals surface area contributed by atoms with Gasteiger partial charge in [-0.05, 0) is 79.6 Å². The highest BCUT2D eigenvalue weighted by atomic mass is 32.2. The molecule has 0 aliphatic carbocycles. The van der Waals surface area contributed by atoms with E-state index in [4.69, 9.17) is 15.2 Å². The second-order valence-electron chi connectivity index (χ2n) is 11.2. The van der Waals surface area contributed by atoms with Gasteiger partial charge in [0.2, 0.25) is 18.2 Å². The van der Waals surface area contributed by atoms with Gasteiger partial charge in [-0.2, -0.15) is 0 Å². The molecular formula is C38H39N3O9S. The number of hydrogen-bond donors (Lipinski definition) is 6. The standard InChI is InChI=1S/C26H22N2O2S.C12H17NO7/c1-2-23-25(30)28(22-10-6-9-21(17-22)24(27)29)26(31-23)20-15-13-19(14-16-20)12-11-18-7-4-3-5-8-18;1-3-20-10-6-8(4-5-9(10)19-2)11(15,16)12(17,18)13-7-14/h3-10,13-17,23,26H,2H2,1H3,(H2,27,29);4-7,15-18H,3H2,1-2H3,(H,13,14). The molecule has 2 atom stereocenters. The van der Waals surface area contributed by atoms with Crippen LogP contribution in [-0.4, -0.2) is 63.5 Å². The number of methoxy groups -OCH3 is 1. The summed E-state index contributed by atoms with van der Waals surface area (Å²) in [6.45, 7) is 4.02. The highest BCUT2D eigenvalue weighted by Gasteiger charge is 2.49. The zero-order chi connectivity index (χ0) is 37.2. The molecule has 0 saturated carbocycles. The van der Waals surface area contributed by atoms with Crippen LogP contribution in [0, 0.1) is 11.8 Å². The summed E-state index contributed by atoms with van der Waals surface area (Å²) < 4.78 is 10.2. The van der Waals surface area contributed by atoms with Crippen molar-refractivity contribution in [1.82, 2.24) is 5.32 Å². The van der Waals surface area contributed by atoms with Crippen LogP contribution < -0.4 is 25.4 Å². The number of primary amides is 1. The number of hydrogen-bond acceptors (Lipinski definition) is 10. The van der Waals surface area contributed by atoms with E-state index < -0.39 is 17.6 Å². The van der Waals surface area contributed by atoms with E-state index in [2.05, 4.69) is 11.8 Å². The molecule has 266 valence electrons. The molecule has 0 bridgehead atoms. The van der Waals surface area contributed by atoms with Crippen LogP contribution in [0.2, 0.25) is 0 Å². The maximum absolute atomic E-state index is 13.1. The quantitative estimate of drug-likeness (QED) is 0.0763. The Morgan fingerprint density at radius 3 is 2.18 bits per heavy atom. The fourth-order valence-electron chi connectivity index (χ4n) is 5.06. The summed E-state index contributed by atoms with van der Waals surface area (Å²) in [5, 5.41) is 39.8. The lowest BCUT2D eigenvalue weighted by atomic mass is 10.0. The third-order valence-corrected chi connectivity index (χ3v) is 9.36. The molecule has 12 nitrogen and oxygen atoms in total. The first kappa shape index (κ1) is 38.4. The molecule has 2 unspecified atom stereocenters. The first-order valence-electron chi connectivity index (χ1n) is 15.8. The van der Waals surface area contributed by atoms with E-state index in [1.165, 1.54) is 24.6 Å². The number of carbonyl (C=O) groups is 3. The number of nitrogens with one attached hydrogen (secondary N) is 1. The van der Waals surface area contributed by atoms with Crippen LogP contribution in [-0.2, 0) is 15.4 Å². The van der Waals surface area contributed by atoms with Crippen molar-refractivity contribution in [3.05, 3.63) is 125 Å². The van der Waals surface area contributed by atoms with Gasteiger partial charge in [0.05, 0.1) is 19.0 Å². The average molecular weight is 714 g/mol. The van der Waals surface area contributed by atoms with Crippen molar-refractivity contribution in [2.45, 2.75) is 42.6 Å². The van der Waals surface area contributed by atoms with Gasteiger partial charge in [0.25, 0.3) is 5.79 Å². The Morgan fingerprint density at radius 2 is 1.59 bits per heavy atom. The van der Waals surface area contributed by atoms with Crippen LogP contribution in [0.15, 0.2) is 97.1 Å². The Hall–Kier alpha value is -5.36. The molecule has 7 N–H and O–H groups in total. The number of amides is 3. The molecule has 0 aromatic heterocycles. The molecule has 5 rings (SSSR count). The van der Waals surface area contributed by atoms with Crippen molar-refractivity contribution in [3.63, 3.8) is 0 Å². The second-order valence-corrected chi connectivity index (χ2v) is 12.4. The fourth-order valence-corrected chi connectivity index (χ4v) is 6.45. The smallest absolute Gasteiger partial charge is 0.307 e. The number of thioether (sulfide) groups is 1. The van der Waals surface area contributed by atoms with Crippen molar-refractivity contribution in [1.29, 1.82) is 0 Å². The number of anilines is 1. The maximum Gasteiger partial charge on any atom is 0.307 e. The van der Waals surface area contributed by atoms with Crippen molar-refractivity contribution in [2.75, 3.05) is 18.6 Å².